The molecule has 0 aliphatic carbocycles. The van der Waals surface area contributed by atoms with Gasteiger partial charge in [0.1, 0.15) is 0 Å². The van der Waals surface area contributed by atoms with Crippen molar-refractivity contribution in [2.75, 3.05) is 5.32 Å². The van der Waals surface area contributed by atoms with Gasteiger partial charge in [-0.3, -0.25) is 9.59 Å². The van der Waals surface area contributed by atoms with Crippen molar-refractivity contribution in [2.24, 2.45) is 0 Å². The summed E-state index contributed by atoms with van der Waals surface area (Å²) in [5, 5.41) is 3.76. The summed E-state index contributed by atoms with van der Waals surface area (Å²) in [6.45, 7) is 6.02. The van der Waals surface area contributed by atoms with Crippen LogP contribution in [0.3, 0.4) is 0 Å². The zero-order valence-corrected chi connectivity index (χ0v) is 12.0. The highest BCUT2D eigenvalue weighted by molar-refractivity contribution is 6.30. The summed E-state index contributed by atoms with van der Waals surface area (Å²) < 4.78 is 0. The lowest BCUT2D eigenvalue weighted by atomic mass is 9.95. The van der Waals surface area contributed by atoms with Crippen LogP contribution >= 0.6 is 11.6 Å². The van der Waals surface area contributed by atoms with Gasteiger partial charge in [-0.25, -0.2) is 0 Å². The maximum atomic E-state index is 11.8. The van der Waals surface area contributed by atoms with Crippen molar-refractivity contribution < 1.29 is 0 Å². The van der Waals surface area contributed by atoms with Gasteiger partial charge in [0, 0.05) is 10.6 Å². The molecule has 3 nitrogen and oxygen atoms in total. The van der Waals surface area contributed by atoms with E-state index in [1.165, 1.54) is 0 Å². The van der Waals surface area contributed by atoms with E-state index < -0.39 is 10.9 Å². The lowest BCUT2D eigenvalue weighted by Gasteiger charge is -2.27. The molecule has 2 rings (SSSR count). The van der Waals surface area contributed by atoms with E-state index in [1.54, 1.807) is 24.3 Å². The first-order chi connectivity index (χ1) is 8.85. The van der Waals surface area contributed by atoms with E-state index >= 15 is 0 Å². The van der Waals surface area contributed by atoms with Gasteiger partial charge in [0.05, 0.1) is 11.3 Å². The SMILES string of the molecule is CCC(C)(C)Nc1c(-c2ccc(Cl)cc2)c(=O)c1=O. The minimum Gasteiger partial charge on any atom is -0.376 e. The summed E-state index contributed by atoms with van der Waals surface area (Å²) in [5.74, 6) is 0. The van der Waals surface area contributed by atoms with Crippen LogP contribution in [0.15, 0.2) is 33.9 Å². The van der Waals surface area contributed by atoms with Gasteiger partial charge in [-0.1, -0.05) is 30.7 Å². The predicted octanol–water partition coefficient (Wildman–Crippen LogP) is 3.20. The van der Waals surface area contributed by atoms with Crippen LogP contribution in [0.2, 0.25) is 5.02 Å². The Morgan fingerprint density at radius 2 is 1.68 bits per heavy atom. The predicted molar refractivity (Wildman–Crippen MR) is 79.8 cm³/mol. The molecule has 0 fully saturated rings. The molecule has 0 spiro atoms. The van der Waals surface area contributed by atoms with Gasteiger partial charge in [0.2, 0.25) is 10.9 Å². The number of halogens is 1. The van der Waals surface area contributed by atoms with E-state index in [1.807, 2.05) is 20.8 Å². The largest absolute Gasteiger partial charge is 0.376 e. The summed E-state index contributed by atoms with van der Waals surface area (Å²) in [5.41, 5.74) is 0.512. The average Bonchev–Trinajstić information content (AvgIpc) is 2.40. The molecule has 0 aliphatic heterocycles. The molecule has 0 saturated heterocycles. The first kappa shape index (κ1) is 13.8. The van der Waals surface area contributed by atoms with Crippen molar-refractivity contribution in [2.45, 2.75) is 32.7 Å². The van der Waals surface area contributed by atoms with Crippen LogP contribution in [0, 0.1) is 0 Å². The average molecular weight is 278 g/mol. The number of hydrogen-bond acceptors (Lipinski definition) is 3. The molecule has 0 aliphatic rings. The van der Waals surface area contributed by atoms with Crippen molar-refractivity contribution in [3.8, 4) is 11.1 Å². The number of nitrogens with one attached hydrogen (secondary N) is 1. The summed E-state index contributed by atoms with van der Waals surface area (Å²) in [6, 6.07) is 6.93. The number of hydrogen-bond donors (Lipinski definition) is 1. The Bertz CT molecular complexity index is 664. The Kier molecular flexibility index (Phi) is 3.50. The minimum atomic E-state index is -0.438. The molecule has 4 heteroatoms. The maximum Gasteiger partial charge on any atom is 0.250 e. The van der Waals surface area contributed by atoms with E-state index in [2.05, 4.69) is 5.32 Å². The fourth-order valence-electron chi connectivity index (χ4n) is 1.83. The van der Waals surface area contributed by atoms with Crippen molar-refractivity contribution in [3.05, 3.63) is 49.7 Å². The molecular formula is C15H16ClNO2. The standard InChI is InChI=1S/C15H16ClNO2/c1-4-15(2,3)17-12-11(13(18)14(12)19)9-5-7-10(16)8-6-9/h5-8,17H,4H2,1-3H3. The Hall–Kier alpha value is -1.61. The van der Waals surface area contributed by atoms with Crippen molar-refractivity contribution in [3.63, 3.8) is 0 Å². The molecule has 2 aromatic rings. The normalized spacial score (nSPS) is 11.8. The van der Waals surface area contributed by atoms with Crippen LogP contribution in [0.4, 0.5) is 5.69 Å². The van der Waals surface area contributed by atoms with Crippen molar-refractivity contribution in [1.82, 2.24) is 0 Å². The Labute approximate surface area is 116 Å². The van der Waals surface area contributed by atoms with Gasteiger partial charge in [0.25, 0.3) is 0 Å². The van der Waals surface area contributed by atoms with Gasteiger partial charge in [-0.05, 0) is 38.0 Å². The van der Waals surface area contributed by atoms with Crippen LogP contribution in [-0.2, 0) is 0 Å². The third-order valence-electron chi connectivity index (χ3n) is 3.39. The highest BCUT2D eigenvalue weighted by Gasteiger charge is 2.26. The Morgan fingerprint density at radius 1 is 1.11 bits per heavy atom. The van der Waals surface area contributed by atoms with Crippen LogP contribution in [0.25, 0.3) is 11.1 Å². The molecule has 0 atom stereocenters. The van der Waals surface area contributed by atoms with E-state index in [0.717, 1.165) is 12.0 Å². The second kappa shape index (κ2) is 4.82. The second-order valence-electron chi connectivity index (χ2n) is 5.28. The fraction of sp³-hybridized carbons (Fsp3) is 0.333. The molecule has 0 saturated carbocycles. The molecule has 0 radical (unpaired) electrons. The number of benzene rings is 1. The number of rotatable bonds is 4. The molecule has 0 heterocycles. The van der Waals surface area contributed by atoms with Gasteiger partial charge in [-0.15, -0.1) is 0 Å². The van der Waals surface area contributed by atoms with E-state index in [4.69, 9.17) is 11.6 Å². The zero-order chi connectivity index (χ0) is 14.2. The van der Waals surface area contributed by atoms with E-state index in [0.29, 0.717) is 16.3 Å². The molecule has 100 valence electrons. The molecule has 0 unspecified atom stereocenters. The molecule has 1 N–H and O–H groups in total. The number of anilines is 1. The highest BCUT2D eigenvalue weighted by atomic mass is 35.5. The quantitative estimate of drug-likeness (QED) is 0.873. The first-order valence-electron chi connectivity index (χ1n) is 6.23. The van der Waals surface area contributed by atoms with Gasteiger partial charge in [-0.2, -0.15) is 0 Å². The molecular weight excluding hydrogens is 262 g/mol. The van der Waals surface area contributed by atoms with E-state index in [-0.39, 0.29) is 5.54 Å². The van der Waals surface area contributed by atoms with Crippen LogP contribution in [0.5, 0.6) is 0 Å². The lowest BCUT2D eigenvalue weighted by Crippen LogP contribution is -2.42. The van der Waals surface area contributed by atoms with Gasteiger partial charge in [0.15, 0.2) is 0 Å². The smallest absolute Gasteiger partial charge is 0.250 e. The summed E-state index contributed by atoms with van der Waals surface area (Å²) in [7, 11) is 0. The van der Waals surface area contributed by atoms with Crippen LogP contribution in [-0.4, -0.2) is 5.54 Å². The zero-order valence-electron chi connectivity index (χ0n) is 11.2. The molecule has 2 aromatic carbocycles. The lowest BCUT2D eigenvalue weighted by molar-refractivity contribution is 0.546. The van der Waals surface area contributed by atoms with E-state index in [9.17, 15) is 9.59 Å². The van der Waals surface area contributed by atoms with Gasteiger partial charge >= 0.3 is 0 Å². The molecule has 0 amide bonds. The maximum absolute atomic E-state index is 11.8. The molecule has 0 aromatic heterocycles. The Balaban J connectivity index is 2.43. The third kappa shape index (κ3) is 2.56. The summed E-state index contributed by atoms with van der Waals surface area (Å²) in [6.07, 6.45) is 0.853. The molecule has 19 heavy (non-hydrogen) atoms. The monoisotopic (exact) mass is 277 g/mol. The fourth-order valence-corrected chi connectivity index (χ4v) is 1.96. The van der Waals surface area contributed by atoms with Gasteiger partial charge < -0.3 is 5.32 Å². The Morgan fingerprint density at radius 3 is 2.21 bits per heavy atom. The van der Waals surface area contributed by atoms with Crippen molar-refractivity contribution in [1.29, 1.82) is 0 Å². The highest BCUT2D eigenvalue weighted by Crippen LogP contribution is 2.27. The van der Waals surface area contributed by atoms with Crippen LogP contribution in [0.1, 0.15) is 27.2 Å². The molecule has 0 bridgehead atoms. The topological polar surface area (TPSA) is 46.2 Å². The van der Waals surface area contributed by atoms with Crippen LogP contribution < -0.4 is 16.2 Å². The minimum absolute atomic E-state index is 0.219. The van der Waals surface area contributed by atoms with Crippen molar-refractivity contribution >= 4 is 17.3 Å². The second-order valence-corrected chi connectivity index (χ2v) is 5.71. The summed E-state index contributed by atoms with van der Waals surface area (Å²) >= 11 is 5.82. The third-order valence-corrected chi connectivity index (χ3v) is 3.64. The first-order valence-corrected chi connectivity index (χ1v) is 6.61. The summed E-state index contributed by atoms with van der Waals surface area (Å²) in [4.78, 5) is 23.5.